The van der Waals surface area contributed by atoms with Crippen molar-refractivity contribution in [1.29, 1.82) is 0 Å². The fourth-order valence-electron chi connectivity index (χ4n) is 2.35. The highest BCUT2D eigenvalue weighted by Gasteiger charge is 2.08. The lowest BCUT2D eigenvalue weighted by atomic mass is 10.1. The Hall–Kier alpha value is -3.01. The fourth-order valence-corrected chi connectivity index (χ4v) is 2.35. The van der Waals surface area contributed by atoms with Crippen LogP contribution in [0.4, 0.5) is 0 Å². The Labute approximate surface area is 148 Å². The molecule has 0 radical (unpaired) electrons. The van der Waals surface area contributed by atoms with Crippen LogP contribution in [-0.4, -0.2) is 26.6 Å². The minimum atomic E-state index is -0.0919. The summed E-state index contributed by atoms with van der Waals surface area (Å²) in [6.45, 7) is 5.98. The highest BCUT2D eigenvalue weighted by molar-refractivity contribution is 6.07. The third kappa shape index (κ3) is 4.73. The van der Waals surface area contributed by atoms with Gasteiger partial charge in [0.1, 0.15) is 23.9 Å². The molecule has 0 amide bonds. The first-order valence-electron chi connectivity index (χ1n) is 7.87. The molecular weight excluding hydrogens is 316 g/mol. The van der Waals surface area contributed by atoms with Gasteiger partial charge >= 0.3 is 0 Å². The lowest BCUT2D eigenvalue weighted by Gasteiger charge is -2.10. The summed E-state index contributed by atoms with van der Waals surface area (Å²) in [5.41, 5.74) is 2.38. The van der Waals surface area contributed by atoms with Crippen LogP contribution in [0.5, 0.6) is 17.2 Å². The number of carbonyl (C=O) groups is 1. The highest BCUT2D eigenvalue weighted by atomic mass is 16.5. The smallest absolute Gasteiger partial charge is 0.185 e. The van der Waals surface area contributed by atoms with Crippen LogP contribution in [0.2, 0.25) is 0 Å². The standard InChI is InChI=1S/C21H22O4/c1-5-12-25-18-9-6-16(7-10-18)19(22)11-8-17-13-15(2)20(23-3)14-21(17)24-4/h5-11,13-14H,1,12H2,2-4H3. The van der Waals surface area contributed by atoms with Crippen LogP contribution >= 0.6 is 0 Å². The molecule has 0 aliphatic carbocycles. The van der Waals surface area contributed by atoms with Gasteiger partial charge in [-0.1, -0.05) is 12.7 Å². The Kier molecular flexibility index (Phi) is 6.40. The molecule has 2 aromatic carbocycles. The number of carbonyl (C=O) groups excluding carboxylic acids is 1. The molecule has 0 spiro atoms. The van der Waals surface area contributed by atoms with E-state index in [2.05, 4.69) is 6.58 Å². The van der Waals surface area contributed by atoms with E-state index in [1.165, 1.54) is 6.08 Å². The quantitative estimate of drug-likeness (QED) is 0.405. The van der Waals surface area contributed by atoms with Gasteiger partial charge in [0.25, 0.3) is 0 Å². The number of hydrogen-bond donors (Lipinski definition) is 0. The molecule has 0 fully saturated rings. The Balaban J connectivity index is 2.17. The third-order valence-corrected chi connectivity index (χ3v) is 3.67. The minimum absolute atomic E-state index is 0.0919. The lowest BCUT2D eigenvalue weighted by molar-refractivity contribution is 0.104. The lowest BCUT2D eigenvalue weighted by Crippen LogP contribution is -1.97. The van der Waals surface area contributed by atoms with E-state index < -0.39 is 0 Å². The van der Waals surface area contributed by atoms with E-state index in [1.54, 1.807) is 50.6 Å². The molecule has 0 bridgehead atoms. The maximum Gasteiger partial charge on any atom is 0.185 e. The number of aryl methyl sites for hydroxylation is 1. The molecule has 130 valence electrons. The summed E-state index contributed by atoms with van der Waals surface area (Å²) in [4.78, 5) is 12.3. The minimum Gasteiger partial charge on any atom is -0.496 e. The van der Waals surface area contributed by atoms with Crippen LogP contribution in [0.3, 0.4) is 0 Å². The van der Waals surface area contributed by atoms with Crippen LogP contribution < -0.4 is 14.2 Å². The van der Waals surface area contributed by atoms with Gasteiger partial charge in [0, 0.05) is 17.2 Å². The summed E-state index contributed by atoms with van der Waals surface area (Å²) in [5.74, 6) is 2.01. The second-order valence-corrected chi connectivity index (χ2v) is 5.39. The molecule has 0 unspecified atom stereocenters. The van der Waals surface area contributed by atoms with Gasteiger partial charge in [-0.2, -0.15) is 0 Å². The molecule has 4 heteroatoms. The van der Waals surface area contributed by atoms with Crippen molar-refractivity contribution in [2.24, 2.45) is 0 Å². The average molecular weight is 338 g/mol. The zero-order valence-corrected chi connectivity index (χ0v) is 14.7. The molecule has 0 aliphatic heterocycles. The molecule has 0 aromatic heterocycles. The summed E-state index contributed by atoms with van der Waals surface area (Å²) < 4.78 is 16.1. The van der Waals surface area contributed by atoms with Crippen molar-refractivity contribution in [3.05, 3.63) is 71.8 Å². The summed E-state index contributed by atoms with van der Waals surface area (Å²) in [6, 6.07) is 10.7. The molecule has 0 aliphatic rings. The van der Waals surface area contributed by atoms with E-state index in [-0.39, 0.29) is 5.78 Å². The first kappa shape index (κ1) is 18.3. The molecule has 0 heterocycles. The zero-order valence-electron chi connectivity index (χ0n) is 14.7. The van der Waals surface area contributed by atoms with E-state index in [9.17, 15) is 4.79 Å². The third-order valence-electron chi connectivity index (χ3n) is 3.67. The van der Waals surface area contributed by atoms with Gasteiger partial charge < -0.3 is 14.2 Å². The summed E-state index contributed by atoms with van der Waals surface area (Å²) in [7, 11) is 3.20. The van der Waals surface area contributed by atoms with Crippen molar-refractivity contribution in [3.8, 4) is 17.2 Å². The van der Waals surface area contributed by atoms with E-state index in [1.807, 2.05) is 19.1 Å². The summed E-state index contributed by atoms with van der Waals surface area (Å²) in [5, 5.41) is 0. The number of allylic oxidation sites excluding steroid dienone is 1. The predicted octanol–water partition coefficient (Wildman–Crippen LogP) is 4.47. The molecular formula is C21H22O4. The van der Waals surface area contributed by atoms with Gasteiger partial charge in [-0.25, -0.2) is 0 Å². The predicted molar refractivity (Wildman–Crippen MR) is 99.8 cm³/mol. The SMILES string of the molecule is C=CCOc1ccc(C(=O)C=Cc2cc(C)c(OC)cc2OC)cc1. The summed E-state index contributed by atoms with van der Waals surface area (Å²) >= 11 is 0. The van der Waals surface area contributed by atoms with Crippen LogP contribution in [0.15, 0.2) is 55.1 Å². The molecule has 0 saturated heterocycles. The van der Waals surface area contributed by atoms with Gasteiger partial charge in [0.2, 0.25) is 0 Å². The molecule has 0 atom stereocenters. The largest absolute Gasteiger partial charge is 0.496 e. The highest BCUT2D eigenvalue weighted by Crippen LogP contribution is 2.29. The molecule has 0 saturated carbocycles. The first-order valence-corrected chi connectivity index (χ1v) is 7.87. The maximum atomic E-state index is 12.3. The molecule has 2 rings (SSSR count). The second kappa shape index (κ2) is 8.73. The monoisotopic (exact) mass is 338 g/mol. The molecule has 0 N–H and O–H groups in total. The van der Waals surface area contributed by atoms with Crippen molar-refractivity contribution in [3.63, 3.8) is 0 Å². The Bertz CT molecular complexity index is 773. The topological polar surface area (TPSA) is 44.8 Å². The van der Waals surface area contributed by atoms with E-state index in [0.717, 1.165) is 16.9 Å². The van der Waals surface area contributed by atoms with E-state index in [4.69, 9.17) is 14.2 Å². The Morgan fingerprint density at radius 3 is 2.36 bits per heavy atom. The number of methoxy groups -OCH3 is 2. The maximum absolute atomic E-state index is 12.3. The zero-order chi connectivity index (χ0) is 18.2. The van der Waals surface area contributed by atoms with Gasteiger partial charge in [-0.15, -0.1) is 0 Å². The van der Waals surface area contributed by atoms with Gasteiger partial charge in [-0.05, 0) is 55.0 Å². The van der Waals surface area contributed by atoms with E-state index in [0.29, 0.717) is 23.7 Å². The van der Waals surface area contributed by atoms with Crippen LogP contribution in [0.1, 0.15) is 21.5 Å². The second-order valence-electron chi connectivity index (χ2n) is 5.39. The molecule has 25 heavy (non-hydrogen) atoms. The summed E-state index contributed by atoms with van der Waals surface area (Å²) in [6.07, 6.45) is 4.95. The van der Waals surface area contributed by atoms with Crippen LogP contribution in [-0.2, 0) is 0 Å². The number of rotatable bonds is 8. The van der Waals surface area contributed by atoms with Gasteiger partial charge in [-0.3, -0.25) is 4.79 Å². The van der Waals surface area contributed by atoms with Crippen molar-refractivity contribution < 1.29 is 19.0 Å². The Morgan fingerprint density at radius 2 is 1.76 bits per heavy atom. The van der Waals surface area contributed by atoms with Crippen LogP contribution in [0, 0.1) is 6.92 Å². The first-order chi connectivity index (χ1) is 12.1. The van der Waals surface area contributed by atoms with Gasteiger partial charge in [0.05, 0.1) is 14.2 Å². The van der Waals surface area contributed by atoms with Gasteiger partial charge in [0.15, 0.2) is 5.78 Å². The van der Waals surface area contributed by atoms with Crippen molar-refractivity contribution >= 4 is 11.9 Å². The fraction of sp³-hybridized carbons (Fsp3) is 0.190. The van der Waals surface area contributed by atoms with Crippen molar-refractivity contribution in [2.75, 3.05) is 20.8 Å². The number of benzene rings is 2. The normalized spacial score (nSPS) is 10.5. The van der Waals surface area contributed by atoms with Crippen molar-refractivity contribution in [2.45, 2.75) is 6.92 Å². The van der Waals surface area contributed by atoms with E-state index >= 15 is 0 Å². The number of ether oxygens (including phenoxy) is 3. The van der Waals surface area contributed by atoms with Crippen molar-refractivity contribution in [1.82, 2.24) is 0 Å². The molecule has 4 nitrogen and oxygen atoms in total. The number of hydrogen-bond acceptors (Lipinski definition) is 4. The average Bonchev–Trinajstić information content (AvgIpc) is 2.64. The molecule has 2 aromatic rings. The number of ketones is 1. The van der Waals surface area contributed by atoms with Crippen LogP contribution in [0.25, 0.3) is 6.08 Å². The Morgan fingerprint density at radius 1 is 1.08 bits per heavy atom.